The zero-order valence-electron chi connectivity index (χ0n) is 13.3. The van der Waals surface area contributed by atoms with Crippen molar-refractivity contribution in [3.8, 4) is 5.75 Å². The van der Waals surface area contributed by atoms with Crippen molar-refractivity contribution in [2.45, 2.75) is 13.8 Å². The molecule has 0 atom stereocenters. The van der Waals surface area contributed by atoms with Crippen molar-refractivity contribution in [3.63, 3.8) is 0 Å². The molecule has 5 heteroatoms. The van der Waals surface area contributed by atoms with Crippen LogP contribution in [-0.4, -0.2) is 41.3 Å². The largest absolute Gasteiger partial charge is 0.492 e. The van der Waals surface area contributed by atoms with Gasteiger partial charge in [-0.05, 0) is 26.2 Å². The van der Waals surface area contributed by atoms with Crippen LogP contribution in [0.3, 0.4) is 0 Å². The summed E-state index contributed by atoms with van der Waals surface area (Å²) in [5.41, 5.74) is 1.79. The van der Waals surface area contributed by atoms with Gasteiger partial charge < -0.3 is 9.64 Å². The minimum absolute atomic E-state index is 0.0181. The molecular weight excluding hydrogens is 254 g/mol. The summed E-state index contributed by atoms with van der Waals surface area (Å²) in [6.45, 7) is 5.51. The van der Waals surface area contributed by atoms with Crippen LogP contribution in [0.4, 0.5) is 0 Å². The first-order chi connectivity index (χ1) is 9.50. The van der Waals surface area contributed by atoms with Gasteiger partial charge in [0.05, 0.1) is 11.0 Å². The first-order valence-electron chi connectivity index (χ1n) is 6.93. The van der Waals surface area contributed by atoms with Gasteiger partial charge in [0.25, 0.3) is 0 Å². The maximum Gasteiger partial charge on any atom is 0.328 e. The number of nitrogens with zero attached hydrogens (tertiary/aromatic N) is 3. The van der Waals surface area contributed by atoms with E-state index in [-0.39, 0.29) is 5.69 Å². The third-order valence-electron chi connectivity index (χ3n) is 3.05. The Labute approximate surface area is 120 Å². The molecule has 5 nitrogen and oxygen atoms in total. The maximum atomic E-state index is 11.8. The molecule has 20 heavy (non-hydrogen) atoms. The predicted octanol–water partition coefficient (Wildman–Crippen LogP) is 1.84. The Morgan fingerprint density at radius 2 is 1.70 bits per heavy atom. The van der Waals surface area contributed by atoms with Gasteiger partial charge in [-0.25, -0.2) is 4.79 Å². The van der Waals surface area contributed by atoms with Crippen molar-refractivity contribution in [1.29, 1.82) is 0 Å². The molecule has 1 aromatic carbocycles. The fourth-order valence-electron chi connectivity index (χ4n) is 1.92. The Bertz CT molecular complexity index is 611. The highest BCUT2D eigenvalue weighted by Gasteiger charge is 2.08. The number of hydrogen-bond acceptors (Lipinski definition) is 3. The number of likely N-dealkylation sites (N-methyl/N-ethyl adjacent to an activating group) is 1. The minimum atomic E-state index is -0.0181. The highest BCUT2D eigenvalue weighted by atomic mass is 16.5. The second-order valence-electron chi connectivity index (χ2n) is 4.70. The molecule has 0 aliphatic carbocycles. The first kappa shape index (κ1) is 16.3. The van der Waals surface area contributed by atoms with Crippen LogP contribution in [0.5, 0.6) is 5.75 Å². The van der Waals surface area contributed by atoms with E-state index in [4.69, 9.17) is 4.74 Å². The Balaban J connectivity index is 0.000000956. The number of imidazole rings is 1. The standard InChI is InChI=1S/C13H19N3O2.C2H6/c1-14(2)7-8-18-10-5-6-11-12(9-10)16(4)13(17)15(11)3;1-2/h5-6,9H,7-8H2,1-4H3;1-2H3. The number of aromatic nitrogens is 2. The van der Waals surface area contributed by atoms with E-state index in [0.717, 1.165) is 23.3 Å². The van der Waals surface area contributed by atoms with Crippen molar-refractivity contribution in [2.75, 3.05) is 27.2 Å². The molecule has 1 aromatic heterocycles. The highest BCUT2D eigenvalue weighted by molar-refractivity contribution is 5.77. The zero-order chi connectivity index (χ0) is 15.3. The van der Waals surface area contributed by atoms with Gasteiger partial charge in [0.1, 0.15) is 12.4 Å². The van der Waals surface area contributed by atoms with Crippen LogP contribution in [0.1, 0.15) is 13.8 Å². The lowest BCUT2D eigenvalue weighted by Gasteiger charge is -2.11. The van der Waals surface area contributed by atoms with Gasteiger partial charge in [0, 0.05) is 26.7 Å². The zero-order valence-corrected chi connectivity index (χ0v) is 13.3. The fraction of sp³-hybridized carbons (Fsp3) is 0.533. The lowest BCUT2D eigenvalue weighted by molar-refractivity contribution is 0.261. The fourth-order valence-corrected chi connectivity index (χ4v) is 1.92. The smallest absolute Gasteiger partial charge is 0.328 e. The Morgan fingerprint density at radius 3 is 2.30 bits per heavy atom. The normalized spacial score (nSPS) is 10.6. The van der Waals surface area contributed by atoms with E-state index < -0.39 is 0 Å². The number of benzene rings is 1. The molecule has 0 saturated heterocycles. The van der Waals surface area contributed by atoms with E-state index in [1.54, 1.807) is 23.2 Å². The van der Waals surface area contributed by atoms with Gasteiger partial charge in [0.15, 0.2) is 0 Å². The van der Waals surface area contributed by atoms with Gasteiger partial charge in [-0.15, -0.1) is 0 Å². The van der Waals surface area contributed by atoms with Crippen LogP contribution >= 0.6 is 0 Å². The number of hydrogen-bond donors (Lipinski definition) is 0. The van der Waals surface area contributed by atoms with Gasteiger partial charge >= 0.3 is 5.69 Å². The van der Waals surface area contributed by atoms with E-state index in [1.807, 2.05) is 46.1 Å². The predicted molar refractivity (Wildman–Crippen MR) is 83.6 cm³/mol. The lowest BCUT2D eigenvalue weighted by Crippen LogP contribution is -2.19. The molecule has 0 saturated carbocycles. The van der Waals surface area contributed by atoms with Crippen LogP contribution in [-0.2, 0) is 14.1 Å². The summed E-state index contributed by atoms with van der Waals surface area (Å²) in [4.78, 5) is 13.8. The SMILES string of the molecule is CC.CN(C)CCOc1ccc2c(c1)n(C)c(=O)n2C. The molecular formula is C15H25N3O2. The van der Waals surface area contributed by atoms with E-state index in [9.17, 15) is 4.79 Å². The molecule has 1 heterocycles. The third kappa shape index (κ3) is 3.42. The van der Waals surface area contributed by atoms with Crippen molar-refractivity contribution in [1.82, 2.24) is 14.0 Å². The highest BCUT2D eigenvalue weighted by Crippen LogP contribution is 2.19. The molecule has 0 N–H and O–H groups in total. The Morgan fingerprint density at radius 1 is 1.10 bits per heavy atom. The number of aryl methyl sites for hydroxylation is 2. The average molecular weight is 279 g/mol. The number of rotatable bonds is 4. The molecule has 2 rings (SSSR count). The summed E-state index contributed by atoms with van der Waals surface area (Å²) in [5.74, 6) is 0.797. The lowest BCUT2D eigenvalue weighted by atomic mass is 10.3. The average Bonchev–Trinajstić information content (AvgIpc) is 2.66. The molecule has 2 aromatic rings. The third-order valence-corrected chi connectivity index (χ3v) is 3.05. The number of fused-ring (bicyclic) bond motifs is 1. The summed E-state index contributed by atoms with van der Waals surface area (Å²) in [5, 5.41) is 0. The maximum absolute atomic E-state index is 11.8. The summed E-state index contributed by atoms with van der Waals surface area (Å²) in [6, 6.07) is 5.73. The van der Waals surface area contributed by atoms with Gasteiger partial charge in [0.2, 0.25) is 0 Å². The molecule has 0 aliphatic rings. The van der Waals surface area contributed by atoms with E-state index >= 15 is 0 Å². The van der Waals surface area contributed by atoms with Crippen LogP contribution in [0.25, 0.3) is 11.0 Å². The molecule has 112 valence electrons. The van der Waals surface area contributed by atoms with E-state index in [2.05, 4.69) is 4.90 Å². The summed E-state index contributed by atoms with van der Waals surface area (Å²) >= 11 is 0. The number of ether oxygens (including phenoxy) is 1. The van der Waals surface area contributed by atoms with Gasteiger partial charge in [-0.1, -0.05) is 13.8 Å². The van der Waals surface area contributed by atoms with Crippen molar-refractivity contribution in [3.05, 3.63) is 28.7 Å². The topological polar surface area (TPSA) is 39.4 Å². The molecule has 0 bridgehead atoms. The van der Waals surface area contributed by atoms with Crippen molar-refractivity contribution in [2.24, 2.45) is 14.1 Å². The monoisotopic (exact) mass is 279 g/mol. The second-order valence-corrected chi connectivity index (χ2v) is 4.70. The molecule has 0 unspecified atom stereocenters. The quantitative estimate of drug-likeness (QED) is 0.857. The summed E-state index contributed by atoms with van der Waals surface area (Å²) in [6.07, 6.45) is 0. The second kappa shape index (κ2) is 7.14. The van der Waals surface area contributed by atoms with E-state index in [1.165, 1.54) is 0 Å². The van der Waals surface area contributed by atoms with Gasteiger partial charge in [-0.2, -0.15) is 0 Å². The molecule has 0 fully saturated rings. The van der Waals surface area contributed by atoms with Crippen LogP contribution < -0.4 is 10.4 Å². The van der Waals surface area contributed by atoms with Crippen LogP contribution in [0, 0.1) is 0 Å². The molecule has 0 amide bonds. The van der Waals surface area contributed by atoms with Crippen molar-refractivity contribution < 1.29 is 4.74 Å². The Kier molecular flexibility index (Phi) is 5.82. The van der Waals surface area contributed by atoms with Crippen molar-refractivity contribution >= 4 is 11.0 Å². The van der Waals surface area contributed by atoms with Gasteiger partial charge in [-0.3, -0.25) is 9.13 Å². The molecule has 0 radical (unpaired) electrons. The minimum Gasteiger partial charge on any atom is -0.492 e. The summed E-state index contributed by atoms with van der Waals surface area (Å²) in [7, 11) is 7.56. The Hall–Kier alpha value is -1.75. The van der Waals surface area contributed by atoms with Crippen LogP contribution in [0.15, 0.2) is 23.0 Å². The molecule has 0 aliphatic heterocycles. The van der Waals surface area contributed by atoms with E-state index in [0.29, 0.717) is 6.61 Å². The summed E-state index contributed by atoms with van der Waals surface area (Å²) < 4.78 is 8.93. The molecule has 0 spiro atoms. The first-order valence-corrected chi connectivity index (χ1v) is 6.93. The van der Waals surface area contributed by atoms with Crippen LogP contribution in [0.2, 0.25) is 0 Å².